The van der Waals surface area contributed by atoms with Crippen molar-refractivity contribution in [3.05, 3.63) is 81.9 Å². The molecule has 0 aliphatic rings. The van der Waals surface area contributed by atoms with E-state index in [1.54, 1.807) is 24.8 Å². The summed E-state index contributed by atoms with van der Waals surface area (Å²) in [5.74, 6) is -1.36. The van der Waals surface area contributed by atoms with E-state index >= 15 is 0 Å². The van der Waals surface area contributed by atoms with E-state index in [1.165, 1.54) is 17.8 Å². The number of benzene rings is 3. The van der Waals surface area contributed by atoms with Crippen molar-refractivity contribution < 1.29 is 18.8 Å². The number of hydrogen-bond acceptors (Lipinski definition) is 5. The Balaban J connectivity index is 0.000000241. The highest BCUT2D eigenvalue weighted by Crippen LogP contribution is 2.38. The molecule has 0 saturated heterocycles. The van der Waals surface area contributed by atoms with Gasteiger partial charge in [-0.2, -0.15) is 0 Å². The Bertz CT molecular complexity index is 1390. The average molecular weight is 532 g/mol. The summed E-state index contributed by atoms with van der Waals surface area (Å²) in [6.45, 7) is 5.72. The van der Waals surface area contributed by atoms with Crippen molar-refractivity contribution in [3.63, 3.8) is 0 Å². The van der Waals surface area contributed by atoms with Crippen LogP contribution in [0, 0.1) is 32.4 Å². The smallest absolute Gasteiger partial charge is 0.423 e. The van der Waals surface area contributed by atoms with Crippen molar-refractivity contribution >= 4 is 58.6 Å². The van der Waals surface area contributed by atoms with Crippen LogP contribution < -0.4 is 5.46 Å². The predicted octanol–water partition coefficient (Wildman–Crippen LogP) is 6.57. The minimum atomic E-state index is -1.37. The van der Waals surface area contributed by atoms with Crippen molar-refractivity contribution in [1.29, 1.82) is 0 Å². The number of aromatic nitrogens is 1. The maximum atomic E-state index is 14.1. The van der Waals surface area contributed by atoms with Crippen molar-refractivity contribution in [2.75, 3.05) is 12.5 Å². The van der Waals surface area contributed by atoms with E-state index in [9.17, 15) is 8.78 Å². The van der Waals surface area contributed by atoms with Gasteiger partial charge in [-0.3, -0.25) is 0 Å². The summed E-state index contributed by atoms with van der Waals surface area (Å²) in [4.78, 5) is 6.45. The minimum Gasteiger partial charge on any atom is -0.423 e. The van der Waals surface area contributed by atoms with Crippen LogP contribution in [-0.4, -0.2) is 34.7 Å². The number of fused-ring (bicyclic) bond motifs is 1. The van der Waals surface area contributed by atoms with Gasteiger partial charge in [0.1, 0.15) is 11.6 Å². The van der Waals surface area contributed by atoms with Gasteiger partial charge in [-0.1, -0.05) is 40.9 Å². The van der Waals surface area contributed by atoms with Gasteiger partial charge in [-0.15, -0.1) is 23.5 Å². The Kier molecular flexibility index (Phi) is 9.24. The summed E-state index contributed by atoms with van der Waals surface area (Å²) >= 11 is 9.47. The quantitative estimate of drug-likeness (QED) is 0.230. The first-order chi connectivity index (χ1) is 16.6. The molecule has 0 amide bonds. The summed E-state index contributed by atoms with van der Waals surface area (Å²) in [5.41, 5.74) is 5.19. The van der Waals surface area contributed by atoms with Crippen LogP contribution in [0.2, 0.25) is 5.02 Å². The molecule has 0 saturated carbocycles. The van der Waals surface area contributed by atoms with Crippen LogP contribution in [0.5, 0.6) is 0 Å². The second-order valence-electron chi connectivity index (χ2n) is 8.00. The molecular weight excluding hydrogens is 507 g/mol. The standard InChI is InChI=1S/C18H14ClF2NS.C8H11BO2S/c1-9-4-5-15(23-3)12(6-9)18-10(2)17(19)16-13(21)7-11(20)8-14(16)22-18;1-6-3-4-8(12-2)7(5-6)9(10)11/h4-8H,1-3H3;3-5,10-11H,1-2H3. The van der Waals surface area contributed by atoms with Gasteiger partial charge in [0.05, 0.1) is 21.6 Å². The number of thioether (sulfide) groups is 2. The van der Waals surface area contributed by atoms with Gasteiger partial charge >= 0.3 is 7.12 Å². The molecule has 35 heavy (non-hydrogen) atoms. The SMILES string of the molecule is CSc1ccc(C)cc1-c1nc2cc(F)cc(F)c2c(Cl)c1C.CSc1ccc(C)cc1B(O)O. The molecule has 1 aromatic heterocycles. The summed E-state index contributed by atoms with van der Waals surface area (Å²) in [7, 11) is -1.37. The van der Waals surface area contributed by atoms with Crippen molar-refractivity contribution in [1.82, 2.24) is 4.98 Å². The van der Waals surface area contributed by atoms with Gasteiger partial charge in [0.2, 0.25) is 0 Å². The molecule has 0 aliphatic heterocycles. The Morgan fingerprint density at radius 1 is 0.857 bits per heavy atom. The first-order valence-electron chi connectivity index (χ1n) is 10.7. The molecule has 0 spiro atoms. The molecule has 0 bridgehead atoms. The highest BCUT2D eigenvalue weighted by molar-refractivity contribution is 7.99. The molecule has 0 atom stereocenters. The molecule has 182 valence electrons. The summed E-state index contributed by atoms with van der Waals surface area (Å²) < 4.78 is 27.6. The third-order valence-corrected chi connectivity index (χ3v) is 7.52. The van der Waals surface area contributed by atoms with Crippen molar-refractivity contribution in [2.45, 2.75) is 30.6 Å². The lowest BCUT2D eigenvalue weighted by molar-refractivity contribution is 0.425. The molecule has 0 aliphatic carbocycles. The fraction of sp³-hybridized carbons (Fsp3) is 0.192. The molecule has 1 heterocycles. The normalized spacial score (nSPS) is 10.8. The topological polar surface area (TPSA) is 53.4 Å². The molecule has 3 nitrogen and oxygen atoms in total. The monoisotopic (exact) mass is 531 g/mol. The lowest BCUT2D eigenvalue weighted by Gasteiger charge is -2.14. The van der Waals surface area contributed by atoms with Gasteiger partial charge in [-0.25, -0.2) is 13.8 Å². The molecule has 9 heteroatoms. The van der Waals surface area contributed by atoms with Crippen LogP contribution in [0.15, 0.2) is 58.3 Å². The molecule has 2 N–H and O–H groups in total. The Hall–Kier alpha value is -2.10. The summed E-state index contributed by atoms with van der Waals surface area (Å²) in [6.07, 6.45) is 3.89. The highest BCUT2D eigenvalue weighted by atomic mass is 35.5. The van der Waals surface area contributed by atoms with E-state index in [0.29, 0.717) is 16.7 Å². The summed E-state index contributed by atoms with van der Waals surface area (Å²) in [5, 5.41) is 18.4. The van der Waals surface area contributed by atoms with E-state index in [-0.39, 0.29) is 15.9 Å². The van der Waals surface area contributed by atoms with Crippen LogP contribution in [0.25, 0.3) is 22.2 Å². The molecule has 4 aromatic rings. The van der Waals surface area contributed by atoms with Gasteiger partial charge in [0, 0.05) is 27.5 Å². The van der Waals surface area contributed by atoms with Crippen LogP contribution >= 0.6 is 35.1 Å². The van der Waals surface area contributed by atoms with Crippen LogP contribution in [0.3, 0.4) is 0 Å². The second-order valence-corrected chi connectivity index (χ2v) is 10.1. The van der Waals surface area contributed by atoms with Gasteiger partial charge < -0.3 is 10.0 Å². The first kappa shape index (κ1) is 27.5. The minimum absolute atomic E-state index is 0.160. The van der Waals surface area contributed by atoms with E-state index in [1.807, 2.05) is 56.7 Å². The van der Waals surface area contributed by atoms with Crippen LogP contribution in [0.4, 0.5) is 8.78 Å². The second kappa shape index (κ2) is 11.8. The highest BCUT2D eigenvalue weighted by Gasteiger charge is 2.18. The number of hydrogen-bond donors (Lipinski definition) is 2. The number of halogens is 3. The van der Waals surface area contributed by atoms with Crippen LogP contribution in [0.1, 0.15) is 16.7 Å². The zero-order valence-corrected chi connectivity index (χ0v) is 22.4. The number of aryl methyl sites for hydroxylation is 2. The number of rotatable bonds is 4. The largest absolute Gasteiger partial charge is 0.489 e. The first-order valence-corrected chi connectivity index (χ1v) is 13.5. The van der Waals surface area contributed by atoms with E-state index < -0.39 is 18.8 Å². The molecule has 3 aromatic carbocycles. The Morgan fingerprint density at radius 2 is 1.46 bits per heavy atom. The van der Waals surface area contributed by atoms with Crippen molar-refractivity contribution in [3.8, 4) is 11.3 Å². The lowest BCUT2D eigenvalue weighted by Crippen LogP contribution is -2.31. The Morgan fingerprint density at radius 3 is 2.06 bits per heavy atom. The van der Waals surface area contributed by atoms with Gasteiger partial charge in [-0.05, 0) is 62.5 Å². The Labute approximate surface area is 218 Å². The molecular formula is C26H25BClF2NO2S2. The zero-order chi connectivity index (χ0) is 25.9. The van der Waals surface area contributed by atoms with E-state index in [2.05, 4.69) is 4.98 Å². The molecule has 0 fully saturated rings. The third-order valence-electron chi connectivity index (χ3n) is 5.44. The fourth-order valence-corrected chi connectivity index (χ4v) is 5.15. The maximum Gasteiger partial charge on any atom is 0.489 e. The number of pyridine rings is 1. The van der Waals surface area contributed by atoms with Gasteiger partial charge in [0.25, 0.3) is 0 Å². The van der Waals surface area contributed by atoms with E-state index in [4.69, 9.17) is 21.6 Å². The molecule has 0 unspecified atom stereocenters. The molecule has 4 rings (SSSR count). The molecule has 0 radical (unpaired) electrons. The van der Waals surface area contributed by atoms with Crippen LogP contribution in [-0.2, 0) is 0 Å². The maximum absolute atomic E-state index is 14.1. The fourth-order valence-electron chi connectivity index (χ4n) is 3.69. The average Bonchev–Trinajstić information content (AvgIpc) is 2.81. The zero-order valence-electron chi connectivity index (χ0n) is 20.0. The van der Waals surface area contributed by atoms with Crippen molar-refractivity contribution in [2.24, 2.45) is 0 Å². The predicted molar refractivity (Wildman–Crippen MR) is 146 cm³/mol. The number of nitrogens with zero attached hydrogens (tertiary/aromatic N) is 1. The lowest BCUT2D eigenvalue weighted by atomic mass is 9.79. The summed E-state index contributed by atoms with van der Waals surface area (Å²) in [6, 6.07) is 13.7. The van der Waals surface area contributed by atoms with E-state index in [0.717, 1.165) is 32.5 Å². The third kappa shape index (κ3) is 6.19. The van der Waals surface area contributed by atoms with Gasteiger partial charge in [0.15, 0.2) is 0 Å².